The second kappa shape index (κ2) is 9.12. The molecule has 186 valence electrons. The van der Waals surface area contributed by atoms with Crippen molar-refractivity contribution in [1.29, 1.82) is 0 Å². The lowest BCUT2D eigenvalue weighted by molar-refractivity contribution is -0.123. The first kappa shape index (κ1) is 23.6. The molecule has 1 N–H and O–H groups in total. The number of nitrogens with zero attached hydrogens (tertiary/aromatic N) is 2. The van der Waals surface area contributed by atoms with Gasteiger partial charge in [0.05, 0.1) is 50.6 Å². The predicted molar refractivity (Wildman–Crippen MR) is 129 cm³/mol. The smallest absolute Gasteiger partial charge is 0.337 e. The highest BCUT2D eigenvalue weighted by molar-refractivity contribution is 6.23. The number of esters is 2. The van der Waals surface area contributed by atoms with Crippen molar-refractivity contribution in [2.75, 3.05) is 32.8 Å². The van der Waals surface area contributed by atoms with E-state index in [0.29, 0.717) is 19.5 Å². The van der Waals surface area contributed by atoms with Crippen molar-refractivity contribution in [3.8, 4) is 5.75 Å². The maximum atomic E-state index is 13.5. The fourth-order valence-electron chi connectivity index (χ4n) is 5.02. The summed E-state index contributed by atoms with van der Waals surface area (Å²) in [6, 6.07) is 9.25. The second-order valence-corrected chi connectivity index (χ2v) is 8.75. The highest BCUT2D eigenvalue weighted by Gasteiger charge is 2.44. The summed E-state index contributed by atoms with van der Waals surface area (Å²) in [5, 5.41) is 1.09. The number of carbonyl (C=O) groups is 4. The molecule has 10 heteroatoms. The fourth-order valence-corrected chi connectivity index (χ4v) is 5.02. The van der Waals surface area contributed by atoms with Crippen LogP contribution in [0.3, 0.4) is 0 Å². The molecule has 2 aromatic carbocycles. The van der Waals surface area contributed by atoms with Crippen LogP contribution in [0.4, 0.5) is 5.69 Å². The van der Waals surface area contributed by atoms with Crippen LogP contribution in [0.5, 0.6) is 5.75 Å². The summed E-state index contributed by atoms with van der Waals surface area (Å²) in [5.41, 5.74) is 3.39. The molecule has 3 heterocycles. The fraction of sp³-hybridized carbons (Fsp3) is 0.308. The largest absolute Gasteiger partial charge is 0.497 e. The van der Waals surface area contributed by atoms with Crippen LogP contribution in [-0.4, -0.2) is 67.6 Å². The van der Waals surface area contributed by atoms with Crippen LogP contribution in [0.1, 0.15) is 38.4 Å². The molecule has 1 saturated heterocycles. The molecule has 2 aliphatic heterocycles. The number of hydrogen-bond donors (Lipinski definition) is 1. The number of anilines is 1. The van der Waals surface area contributed by atoms with Gasteiger partial charge in [-0.1, -0.05) is 0 Å². The monoisotopic (exact) mass is 491 g/mol. The first-order valence-corrected chi connectivity index (χ1v) is 11.4. The average Bonchev–Trinajstić information content (AvgIpc) is 3.42. The molecule has 2 amide bonds. The molecule has 1 fully saturated rings. The summed E-state index contributed by atoms with van der Waals surface area (Å²) in [4.78, 5) is 57.3. The van der Waals surface area contributed by atoms with Gasteiger partial charge in [0.25, 0.3) is 5.91 Å². The van der Waals surface area contributed by atoms with Gasteiger partial charge in [0, 0.05) is 29.7 Å². The SMILES string of the molecule is COC(=O)c1cc(C(=O)OC)cc(N2C(=O)C[C@H](N3CCc4c([nH]c5ccc(OC)cc45)C3)C2=O)c1. The molecule has 0 saturated carbocycles. The standard InChI is InChI=1S/C26H25N3O7/c1-34-17-4-5-20-19(11-17)18-6-7-28(13-21(18)27-20)22-12-23(30)29(24(22)31)16-9-14(25(32)35-2)8-15(10-16)26(33)36-3/h4-5,8-11,22,27H,6-7,12-13H2,1-3H3/t22-/m0/s1. The number of H-pyrrole nitrogens is 1. The number of aromatic nitrogens is 1. The van der Waals surface area contributed by atoms with Gasteiger partial charge in [-0.15, -0.1) is 0 Å². The van der Waals surface area contributed by atoms with Crippen LogP contribution in [0.25, 0.3) is 10.9 Å². The van der Waals surface area contributed by atoms with E-state index in [0.717, 1.165) is 27.2 Å². The molecule has 0 unspecified atom stereocenters. The minimum Gasteiger partial charge on any atom is -0.497 e. The number of benzene rings is 2. The van der Waals surface area contributed by atoms with Gasteiger partial charge in [0.2, 0.25) is 5.91 Å². The van der Waals surface area contributed by atoms with E-state index in [1.807, 2.05) is 23.1 Å². The van der Waals surface area contributed by atoms with Crippen LogP contribution >= 0.6 is 0 Å². The third-order valence-electron chi connectivity index (χ3n) is 6.79. The summed E-state index contributed by atoms with van der Waals surface area (Å²) in [6.45, 7) is 1.09. The maximum absolute atomic E-state index is 13.5. The molecular weight excluding hydrogens is 466 g/mol. The van der Waals surface area contributed by atoms with Gasteiger partial charge < -0.3 is 19.2 Å². The Balaban J connectivity index is 1.44. The zero-order valence-corrected chi connectivity index (χ0v) is 20.1. The minimum absolute atomic E-state index is 0.00176. The van der Waals surface area contributed by atoms with Crippen LogP contribution in [0, 0.1) is 0 Å². The van der Waals surface area contributed by atoms with Gasteiger partial charge in [-0.25, -0.2) is 14.5 Å². The van der Waals surface area contributed by atoms with Crippen LogP contribution in [-0.2, 0) is 32.0 Å². The molecule has 0 radical (unpaired) electrons. The zero-order valence-electron chi connectivity index (χ0n) is 20.1. The molecule has 3 aromatic rings. The molecule has 0 bridgehead atoms. The molecular formula is C26H25N3O7. The van der Waals surface area contributed by atoms with Gasteiger partial charge in [-0.3, -0.25) is 14.5 Å². The van der Waals surface area contributed by atoms with E-state index in [1.54, 1.807) is 7.11 Å². The van der Waals surface area contributed by atoms with E-state index < -0.39 is 29.8 Å². The number of carbonyl (C=O) groups excluding carboxylic acids is 4. The van der Waals surface area contributed by atoms with Crippen molar-refractivity contribution < 1.29 is 33.4 Å². The molecule has 5 rings (SSSR count). The molecule has 2 aliphatic rings. The van der Waals surface area contributed by atoms with Crippen molar-refractivity contribution in [3.63, 3.8) is 0 Å². The number of rotatable bonds is 5. The lowest BCUT2D eigenvalue weighted by Gasteiger charge is -2.30. The number of imide groups is 1. The van der Waals surface area contributed by atoms with E-state index in [2.05, 4.69) is 4.98 Å². The van der Waals surface area contributed by atoms with Gasteiger partial charge in [-0.2, -0.15) is 0 Å². The first-order valence-electron chi connectivity index (χ1n) is 11.4. The quantitative estimate of drug-likeness (QED) is 0.427. The van der Waals surface area contributed by atoms with Crippen molar-refractivity contribution in [2.45, 2.75) is 25.4 Å². The number of nitrogens with one attached hydrogen (secondary N) is 1. The highest BCUT2D eigenvalue weighted by Crippen LogP contribution is 2.34. The topological polar surface area (TPSA) is 118 Å². The Bertz CT molecular complexity index is 1380. The lowest BCUT2D eigenvalue weighted by atomic mass is 10.0. The summed E-state index contributed by atoms with van der Waals surface area (Å²) >= 11 is 0. The number of aromatic amines is 1. The number of amides is 2. The second-order valence-electron chi connectivity index (χ2n) is 8.75. The van der Waals surface area contributed by atoms with E-state index in [9.17, 15) is 19.2 Å². The van der Waals surface area contributed by atoms with Crippen LogP contribution < -0.4 is 9.64 Å². The van der Waals surface area contributed by atoms with Crippen molar-refractivity contribution >= 4 is 40.3 Å². The van der Waals surface area contributed by atoms with Crippen molar-refractivity contribution in [2.24, 2.45) is 0 Å². The third-order valence-corrected chi connectivity index (χ3v) is 6.79. The Kier molecular flexibility index (Phi) is 5.97. The van der Waals surface area contributed by atoms with Crippen molar-refractivity contribution in [3.05, 3.63) is 58.8 Å². The van der Waals surface area contributed by atoms with E-state index >= 15 is 0 Å². The predicted octanol–water partition coefficient (Wildman–Crippen LogP) is 2.44. The number of fused-ring (bicyclic) bond motifs is 3. The Morgan fingerprint density at radius 3 is 2.31 bits per heavy atom. The Morgan fingerprint density at radius 1 is 0.972 bits per heavy atom. The Morgan fingerprint density at radius 2 is 1.67 bits per heavy atom. The van der Waals surface area contributed by atoms with Crippen LogP contribution in [0.15, 0.2) is 36.4 Å². The highest BCUT2D eigenvalue weighted by atomic mass is 16.5. The van der Waals surface area contributed by atoms with Crippen LogP contribution in [0.2, 0.25) is 0 Å². The van der Waals surface area contributed by atoms with E-state index in [4.69, 9.17) is 14.2 Å². The average molecular weight is 492 g/mol. The van der Waals surface area contributed by atoms with Gasteiger partial charge in [0.15, 0.2) is 0 Å². The van der Waals surface area contributed by atoms with E-state index in [1.165, 1.54) is 38.0 Å². The van der Waals surface area contributed by atoms with Gasteiger partial charge in [-0.05, 0) is 48.4 Å². The maximum Gasteiger partial charge on any atom is 0.337 e. The summed E-state index contributed by atoms with van der Waals surface area (Å²) < 4.78 is 14.9. The number of ether oxygens (including phenoxy) is 3. The normalized spacial score (nSPS) is 17.9. The molecule has 1 aromatic heterocycles. The zero-order chi connectivity index (χ0) is 25.6. The van der Waals surface area contributed by atoms with Crippen molar-refractivity contribution in [1.82, 2.24) is 9.88 Å². The Hall–Kier alpha value is -4.18. The summed E-state index contributed by atoms with van der Waals surface area (Å²) in [5.74, 6) is -1.43. The molecule has 0 spiro atoms. The molecule has 10 nitrogen and oxygen atoms in total. The minimum atomic E-state index is -0.698. The Labute approximate surface area is 206 Å². The molecule has 1 atom stereocenters. The number of methoxy groups -OCH3 is 3. The van der Waals surface area contributed by atoms with E-state index in [-0.39, 0.29) is 23.2 Å². The van der Waals surface area contributed by atoms with Gasteiger partial charge >= 0.3 is 11.9 Å². The number of hydrogen-bond acceptors (Lipinski definition) is 8. The summed E-state index contributed by atoms with van der Waals surface area (Å²) in [7, 11) is 4.05. The first-order chi connectivity index (χ1) is 17.3. The third kappa shape index (κ3) is 3.89. The lowest BCUT2D eigenvalue weighted by Crippen LogP contribution is -2.44. The molecule has 36 heavy (non-hydrogen) atoms. The van der Waals surface area contributed by atoms with Gasteiger partial charge in [0.1, 0.15) is 5.75 Å². The summed E-state index contributed by atoms with van der Waals surface area (Å²) in [6.07, 6.45) is 0.711. The molecule has 0 aliphatic carbocycles.